The molecule has 0 saturated carbocycles. The van der Waals surface area contributed by atoms with Gasteiger partial charge >= 0.3 is 0 Å². The molecule has 0 radical (unpaired) electrons. The second-order valence-corrected chi connectivity index (χ2v) is 5.55. The van der Waals surface area contributed by atoms with Crippen LogP contribution in [0.25, 0.3) is 0 Å². The lowest BCUT2D eigenvalue weighted by Gasteiger charge is -2.23. The molecule has 0 amide bonds. The molecule has 2 aliphatic rings. The van der Waals surface area contributed by atoms with Gasteiger partial charge in [0, 0.05) is 31.2 Å². The van der Waals surface area contributed by atoms with Gasteiger partial charge in [0.1, 0.15) is 5.76 Å². The monoisotopic (exact) mass is 249 g/mol. The molecule has 100 valence electrons. The Kier molecular flexibility index (Phi) is 3.68. The average Bonchev–Trinajstić information content (AvgIpc) is 3.10. The van der Waals surface area contributed by atoms with Crippen molar-refractivity contribution in [2.75, 3.05) is 26.2 Å². The molecule has 2 aliphatic heterocycles. The molecule has 4 heteroatoms. The third-order valence-electron chi connectivity index (χ3n) is 4.23. The summed E-state index contributed by atoms with van der Waals surface area (Å²) in [4.78, 5) is 5.16. The summed E-state index contributed by atoms with van der Waals surface area (Å²) in [5.41, 5.74) is 6.69. The second-order valence-electron chi connectivity index (χ2n) is 5.55. The Morgan fingerprint density at radius 1 is 1.28 bits per heavy atom. The van der Waals surface area contributed by atoms with Gasteiger partial charge in [-0.05, 0) is 38.4 Å². The Labute approximate surface area is 109 Å². The van der Waals surface area contributed by atoms with E-state index in [0.29, 0.717) is 6.54 Å². The molecule has 2 saturated heterocycles. The first-order chi connectivity index (χ1) is 8.85. The summed E-state index contributed by atoms with van der Waals surface area (Å²) in [6, 6.07) is 2.86. The fourth-order valence-corrected chi connectivity index (χ4v) is 3.20. The third kappa shape index (κ3) is 2.60. The maximum absolute atomic E-state index is 5.60. The molecule has 3 heterocycles. The topological polar surface area (TPSA) is 45.6 Å². The standard InChI is InChI=1S/C14H23N3O/c15-8-12-7-14(18-11-12)10-16-6-3-13(9-16)17-4-1-2-5-17/h7,11,13H,1-6,8-10,15H2. The molecule has 1 atom stereocenters. The van der Waals surface area contributed by atoms with Crippen LogP contribution in [0.1, 0.15) is 30.6 Å². The van der Waals surface area contributed by atoms with Crippen molar-refractivity contribution in [2.24, 2.45) is 5.73 Å². The van der Waals surface area contributed by atoms with Gasteiger partial charge in [0.15, 0.2) is 0 Å². The van der Waals surface area contributed by atoms with Crippen LogP contribution < -0.4 is 5.73 Å². The van der Waals surface area contributed by atoms with Crippen molar-refractivity contribution in [3.63, 3.8) is 0 Å². The van der Waals surface area contributed by atoms with E-state index < -0.39 is 0 Å². The lowest BCUT2D eigenvalue weighted by Crippen LogP contribution is -2.35. The Bertz CT molecular complexity index is 384. The minimum atomic E-state index is 0.569. The van der Waals surface area contributed by atoms with Crippen molar-refractivity contribution in [1.82, 2.24) is 9.80 Å². The van der Waals surface area contributed by atoms with E-state index in [-0.39, 0.29) is 0 Å². The molecular formula is C14H23N3O. The van der Waals surface area contributed by atoms with E-state index in [2.05, 4.69) is 15.9 Å². The van der Waals surface area contributed by atoms with Gasteiger partial charge < -0.3 is 10.2 Å². The number of hydrogen-bond acceptors (Lipinski definition) is 4. The van der Waals surface area contributed by atoms with E-state index in [9.17, 15) is 0 Å². The Hall–Kier alpha value is -0.840. The first kappa shape index (κ1) is 12.2. The van der Waals surface area contributed by atoms with Gasteiger partial charge in [-0.15, -0.1) is 0 Å². The normalized spacial score (nSPS) is 26.2. The molecule has 2 N–H and O–H groups in total. The predicted molar refractivity (Wildman–Crippen MR) is 71.1 cm³/mol. The molecule has 0 aliphatic carbocycles. The SMILES string of the molecule is NCc1coc(CN2CCC(N3CCCC3)C2)c1. The zero-order valence-electron chi connectivity index (χ0n) is 11.0. The minimum absolute atomic E-state index is 0.569. The van der Waals surface area contributed by atoms with E-state index in [4.69, 9.17) is 10.2 Å². The van der Waals surface area contributed by atoms with Crippen LogP contribution in [0.2, 0.25) is 0 Å². The highest BCUT2D eigenvalue weighted by Gasteiger charge is 2.29. The maximum atomic E-state index is 5.60. The highest BCUT2D eigenvalue weighted by Crippen LogP contribution is 2.22. The maximum Gasteiger partial charge on any atom is 0.118 e. The fourth-order valence-electron chi connectivity index (χ4n) is 3.20. The molecule has 4 nitrogen and oxygen atoms in total. The summed E-state index contributed by atoms with van der Waals surface area (Å²) in [7, 11) is 0. The van der Waals surface area contributed by atoms with Crippen molar-refractivity contribution in [1.29, 1.82) is 0 Å². The number of hydrogen-bond donors (Lipinski definition) is 1. The van der Waals surface area contributed by atoms with Crippen LogP contribution in [0.5, 0.6) is 0 Å². The van der Waals surface area contributed by atoms with Gasteiger partial charge in [-0.25, -0.2) is 0 Å². The van der Waals surface area contributed by atoms with Gasteiger partial charge in [-0.2, -0.15) is 0 Å². The molecule has 18 heavy (non-hydrogen) atoms. The van der Waals surface area contributed by atoms with E-state index in [1.54, 1.807) is 6.26 Å². The number of furan rings is 1. The predicted octanol–water partition coefficient (Wildman–Crippen LogP) is 1.41. The van der Waals surface area contributed by atoms with Crippen molar-refractivity contribution in [2.45, 2.75) is 38.4 Å². The smallest absolute Gasteiger partial charge is 0.118 e. The van der Waals surface area contributed by atoms with Crippen molar-refractivity contribution >= 4 is 0 Å². The zero-order chi connectivity index (χ0) is 12.4. The third-order valence-corrected chi connectivity index (χ3v) is 4.23. The van der Waals surface area contributed by atoms with Crippen LogP contribution in [0.4, 0.5) is 0 Å². The van der Waals surface area contributed by atoms with E-state index >= 15 is 0 Å². The summed E-state index contributed by atoms with van der Waals surface area (Å²) in [5.74, 6) is 1.05. The van der Waals surface area contributed by atoms with E-state index in [1.165, 1.54) is 45.4 Å². The number of likely N-dealkylation sites (tertiary alicyclic amines) is 2. The fraction of sp³-hybridized carbons (Fsp3) is 0.714. The molecule has 0 spiro atoms. The molecule has 1 aromatic rings. The highest BCUT2D eigenvalue weighted by atomic mass is 16.3. The van der Waals surface area contributed by atoms with Gasteiger partial charge in [-0.1, -0.05) is 0 Å². The lowest BCUT2D eigenvalue weighted by molar-refractivity contribution is 0.223. The molecule has 0 bridgehead atoms. The van der Waals surface area contributed by atoms with Crippen molar-refractivity contribution in [3.8, 4) is 0 Å². The van der Waals surface area contributed by atoms with Crippen LogP contribution in [-0.4, -0.2) is 42.0 Å². The molecule has 1 aromatic heterocycles. The van der Waals surface area contributed by atoms with E-state index in [0.717, 1.165) is 23.9 Å². The molecule has 2 fully saturated rings. The van der Waals surface area contributed by atoms with Crippen molar-refractivity contribution in [3.05, 3.63) is 23.7 Å². The average molecular weight is 249 g/mol. The van der Waals surface area contributed by atoms with Crippen molar-refractivity contribution < 1.29 is 4.42 Å². The van der Waals surface area contributed by atoms with Crippen LogP contribution >= 0.6 is 0 Å². The number of rotatable bonds is 4. The second kappa shape index (κ2) is 5.43. The highest BCUT2D eigenvalue weighted by molar-refractivity contribution is 5.12. The summed E-state index contributed by atoms with van der Waals surface area (Å²) < 4.78 is 5.54. The van der Waals surface area contributed by atoms with E-state index in [1.807, 2.05) is 0 Å². The van der Waals surface area contributed by atoms with Gasteiger partial charge in [0.25, 0.3) is 0 Å². The Morgan fingerprint density at radius 3 is 2.83 bits per heavy atom. The Balaban J connectivity index is 1.52. The lowest BCUT2D eigenvalue weighted by atomic mass is 10.2. The van der Waals surface area contributed by atoms with Gasteiger partial charge in [0.2, 0.25) is 0 Å². The van der Waals surface area contributed by atoms with Gasteiger partial charge in [-0.3, -0.25) is 9.80 Å². The van der Waals surface area contributed by atoms with Crippen LogP contribution in [-0.2, 0) is 13.1 Å². The molecule has 0 aromatic carbocycles. The first-order valence-electron chi connectivity index (χ1n) is 7.08. The van der Waals surface area contributed by atoms with Crippen LogP contribution in [0, 0.1) is 0 Å². The summed E-state index contributed by atoms with van der Waals surface area (Å²) in [5, 5.41) is 0. The summed E-state index contributed by atoms with van der Waals surface area (Å²) in [6.07, 6.45) is 5.86. The Morgan fingerprint density at radius 2 is 2.11 bits per heavy atom. The van der Waals surface area contributed by atoms with Gasteiger partial charge in [0.05, 0.1) is 12.8 Å². The zero-order valence-corrected chi connectivity index (χ0v) is 11.0. The number of nitrogens with two attached hydrogens (primary N) is 1. The minimum Gasteiger partial charge on any atom is -0.468 e. The first-order valence-corrected chi connectivity index (χ1v) is 7.08. The number of nitrogens with zero attached hydrogens (tertiary/aromatic N) is 2. The molecule has 3 rings (SSSR count). The largest absolute Gasteiger partial charge is 0.468 e. The molecule has 1 unspecified atom stereocenters. The van der Waals surface area contributed by atoms with Crippen LogP contribution in [0.15, 0.2) is 16.7 Å². The molecular weight excluding hydrogens is 226 g/mol. The summed E-state index contributed by atoms with van der Waals surface area (Å²) >= 11 is 0. The van der Waals surface area contributed by atoms with Crippen LogP contribution in [0.3, 0.4) is 0 Å². The quantitative estimate of drug-likeness (QED) is 0.876. The summed E-state index contributed by atoms with van der Waals surface area (Å²) in [6.45, 7) is 6.50.